The Hall–Kier alpha value is -1.67. The minimum Gasteiger partial charge on any atom is -0.740 e. The van der Waals surface area contributed by atoms with E-state index in [-0.39, 0.29) is 5.69 Å². The van der Waals surface area contributed by atoms with Gasteiger partial charge in [-0.05, 0) is 12.1 Å². The maximum absolute atomic E-state index is 10.5. The van der Waals surface area contributed by atoms with Crippen LogP contribution in [0.15, 0.2) is 18.2 Å². The summed E-state index contributed by atoms with van der Waals surface area (Å²) in [5.41, 5.74) is 4.56. The van der Waals surface area contributed by atoms with Gasteiger partial charge >= 0.3 is 5.69 Å². The molecule has 0 aliphatic heterocycles. The SMILES string of the molecule is Nc1cccc(OS(=O)[O-])c1[N+](=O)[O-]. The first-order chi connectivity index (χ1) is 6.52. The zero-order chi connectivity index (χ0) is 10.7. The molecule has 1 atom stereocenters. The lowest BCUT2D eigenvalue weighted by molar-refractivity contribution is -0.384. The van der Waals surface area contributed by atoms with E-state index in [0.29, 0.717) is 0 Å². The molecule has 76 valence electrons. The quantitative estimate of drug-likeness (QED) is 0.337. The van der Waals surface area contributed by atoms with Crippen LogP contribution in [-0.2, 0) is 11.4 Å². The van der Waals surface area contributed by atoms with Crippen molar-refractivity contribution in [3.63, 3.8) is 0 Å². The van der Waals surface area contributed by atoms with Crippen LogP contribution in [0.1, 0.15) is 0 Å². The van der Waals surface area contributed by atoms with Crippen molar-refractivity contribution in [1.82, 2.24) is 0 Å². The molecule has 8 heteroatoms. The molecule has 0 spiro atoms. The van der Waals surface area contributed by atoms with Crippen LogP contribution < -0.4 is 9.92 Å². The molecule has 0 bridgehead atoms. The largest absolute Gasteiger partial charge is 0.740 e. The minimum absolute atomic E-state index is 0.155. The molecule has 1 unspecified atom stereocenters. The maximum Gasteiger partial charge on any atom is 0.335 e. The molecule has 0 aromatic heterocycles. The molecule has 0 aliphatic rings. The molecule has 0 amide bonds. The standard InChI is InChI=1S/C6H6N2O5S/c7-4-2-1-3-5(13-14(11)12)6(4)8(9)10/h1-3H,7H2,(H,11,12)/p-1. The molecule has 14 heavy (non-hydrogen) atoms. The molecule has 7 nitrogen and oxygen atoms in total. The second kappa shape index (κ2) is 4.03. The predicted octanol–water partition coefficient (Wildman–Crippen LogP) is 0.350. The Kier molecular flexibility index (Phi) is 2.99. The highest BCUT2D eigenvalue weighted by Gasteiger charge is 2.19. The maximum atomic E-state index is 10.5. The van der Waals surface area contributed by atoms with E-state index >= 15 is 0 Å². The Labute approximate surface area is 81.1 Å². The fourth-order valence-electron chi connectivity index (χ4n) is 0.875. The van der Waals surface area contributed by atoms with Gasteiger partial charge in [-0.1, -0.05) is 6.07 Å². The van der Waals surface area contributed by atoms with Crippen LogP contribution in [0.4, 0.5) is 11.4 Å². The number of nitro groups is 1. The zero-order valence-electron chi connectivity index (χ0n) is 6.71. The van der Waals surface area contributed by atoms with Crippen molar-refractivity contribution in [3.8, 4) is 5.75 Å². The lowest BCUT2D eigenvalue weighted by Crippen LogP contribution is -2.03. The molecule has 0 heterocycles. The smallest absolute Gasteiger partial charge is 0.335 e. The van der Waals surface area contributed by atoms with Crippen molar-refractivity contribution in [2.45, 2.75) is 0 Å². The van der Waals surface area contributed by atoms with Crippen molar-refractivity contribution < 1.29 is 17.9 Å². The summed E-state index contributed by atoms with van der Waals surface area (Å²) in [6.07, 6.45) is 0. The van der Waals surface area contributed by atoms with Gasteiger partial charge in [-0.2, -0.15) is 0 Å². The van der Waals surface area contributed by atoms with Crippen molar-refractivity contribution in [1.29, 1.82) is 0 Å². The summed E-state index contributed by atoms with van der Waals surface area (Å²) in [6.45, 7) is 0. The highest BCUT2D eigenvalue weighted by molar-refractivity contribution is 7.74. The van der Waals surface area contributed by atoms with Crippen molar-refractivity contribution in [3.05, 3.63) is 28.3 Å². The average molecular weight is 217 g/mol. The Bertz CT molecular complexity index is 394. The zero-order valence-corrected chi connectivity index (χ0v) is 7.52. The number of rotatable bonds is 3. The summed E-state index contributed by atoms with van der Waals surface area (Å²) < 4.78 is 24.5. The molecule has 1 rings (SSSR count). The van der Waals surface area contributed by atoms with Crippen LogP contribution >= 0.6 is 0 Å². The topological polar surface area (TPSA) is 119 Å². The van der Waals surface area contributed by atoms with Crippen molar-refractivity contribution in [2.24, 2.45) is 0 Å². The van der Waals surface area contributed by atoms with E-state index in [1.54, 1.807) is 0 Å². The minimum atomic E-state index is -2.86. The van der Waals surface area contributed by atoms with Crippen LogP contribution in [0.2, 0.25) is 0 Å². The molecular weight excluding hydrogens is 212 g/mol. The van der Waals surface area contributed by atoms with Crippen LogP contribution in [-0.4, -0.2) is 13.7 Å². The molecular formula is C6H5N2O5S-. The molecule has 0 fully saturated rings. The van der Waals surface area contributed by atoms with Gasteiger partial charge in [0.25, 0.3) is 0 Å². The molecule has 2 N–H and O–H groups in total. The predicted molar refractivity (Wildman–Crippen MR) is 47.1 cm³/mol. The van der Waals surface area contributed by atoms with Crippen molar-refractivity contribution >= 4 is 22.7 Å². The Morgan fingerprint density at radius 1 is 1.50 bits per heavy atom. The van der Waals surface area contributed by atoms with E-state index in [0.717, 1.165) is 6.07 Å². The van der Waals surface area contributed by atoms with Gasteiger partial charge in [-0.15, -0.1) is 0 Å². The lowest BCUT2D eigenvalue weighted by Gasteiger charge is -2.07. The highest BCUT2D eigenvalue weighted by Crippen LogP contribution is 2.32. The van der Waals surface area contributed by atoms with Gasteiger partial charge in [0.05, 0.1) is 4.92 Å². The number of hydrogen-bond acceptors (Lipinski definition) is 6. The third-order valence-electron chi connectivity index (χ3n) is 1.37. The molecule has 0 saturated carbocycles. The summed E-state index contributed by atoms with van der Waals surface area (Å²) in [5, 5.41) is 10.5. The third kappa shape index (κ3) is 2.18. The Morgan fingerprint density at radius 3 is 2.64 bits per heavy atom. The van der Waals surface area contributed by atoms with Gasteiger partial charge in [0, 0.05) is 0 Å². The number of nitrogens with two attached hydrogens (primary N) is 1. The van der Waals surface area contributed by atoms with Crippen LogP contribution in [0.3, 0.4) is 0 Å². The van der Waals surface area contributed by atoms with Crippen LogP contribution in [0, 0.1) is 10.1 Å². The first-order valence-electron chi connectivity index (χ1n) is 3.33. The molecule has 1 aromatic carbocycles. The van der Waals surface area contributed by atoms with E-state index < -0.39 is 27.7 Å². The molecule has 0 aliphatic carbocycles. The van der Waals surface area contributed by atoms with Crippen molar-refractivity contribution in [2.75, 3.05) is 5.73 Å². The van der Waals surface area contributed by atoms with Crippen LogP contribution in [0.25, 0.3) is 0 Å². The summed E-state index contributed by atoms with van der Waals surface area (Å²) in [7, 11) is 0. The first-order valence-corrected chi connectivity index (χ1v) is 4.33. The normalized spacial score (nSPS) is 12.1. The number of anilines is 1. The Morgan fingerprint density at radius 2 is 2.14 bits per heavy atom. The van der Waals surface area contributed by atoms with E-state index in [1.807, 2.05) is 0 Å². The monoisotopic (exact) mass is 217 g/mol. The number of nitro benzene ring substituents is 1. The first kappa shape index (κ1) is 10.4. The van der Waals surface area contributed by atoms with Gasteiger partial charge in [0.15, 0.2) is 0 Å². The Balaban J connectivity index is 3.21. The second-order valence-electron chi connectivity index (χ2n) is 2.24. The molecule has 0 radical (unpaired) electrons. The third-order valence-corrected chi connectivity index (χ3v) is 1.69. The summed E-state index contributed by atoms with van der Waals surface area (Å²) in [6, 6.07) is 3.77. The summed E-state index contributed by atoms with van der Waals surface area (Å²) in [4.78, 5) is 9.66. The summed E-state index contributed by atoms with van der Waals surface area (Å²) in [5.74, 6) is -0.400. The summed E-state index contributed by atoms with van der Waals surface area (Å²) >= 11 is -2.86. The van der Waals surface area contributed by atoms with Gasteiger partial charge in [0.2, 0.25) is 5.75 Å². The second-order valence-corrected chi connectivity index (χ2v) is 2.81. The van der Waals surface area contributed by atoms with Gasteiger partial charge < -0.3 is 14.5 Å². The van der Waals surface area contributed by atoms with Gasteiger partial charge in [-0.3, -0.25) is 10.1 Å². The number of nitrogens with zero attached hydrogens (tertiary/aromatic N) is 1. The van der Waals surface area contributed by atoms with Crippen LogP contribution in [0.5, 0.6) is 5.75 Å². The molecule has 1 aromatic rings. The average Bonchev–Trinajstić information content (AvgIpc) is 2.01. The number of hydrogen-bond donors (Lipinski definition) is 1. The van der Waals surface area contributed by atoms with E-state index in [4.69, 9.17) is 5.73 Å². The van der Waals surface area contributed by atoms with E-state index in [2.05, 4.69) is 4.18 Å². The fourth-order valence-corrected chi connectivity index (χ4v) is 1.16. The van der Waals surface area contributed by atoms with Gasteiger partial charge in [0.1, 0.15) is 17.0 Å². The number of para-hydroxylation sites is 1. The van der Waals surface area contributed by atoms with Gasteiger partial charge in [-0.25, -0.2) is 4.21 Å². The number of benzene rings is 1. The highest BCUT2D eigenvalue weighted by atomic mass is 32.2. The lowest BCUT2D eigenvalue weighted by atomic mass is 10.2. The molecule has 0 saturated heterocycles. The van der Waals surface area contributed by atoms with E-state index in [9.17, 15) is 18.9 Å². The fraction of sp³-hybridized carbons (Fsp3) is 0. The number of nitrogen functional groups attached to an aromatic ring is 1. The van der Waals surface area contributed by atoms with E-state index in [1.165, 1.54) is 12.1 Å².